The number of rotatable bonds is 3. The van der Waals surface area contributed by atoms with Gasteiger partial charge < -0.3 is 16.0 Å². The van der Waals surface area contributed by atoms with Crippen molar-refractivity contribution in [1.29, 1.82) is 0 Å². The van der Waals surface area contributed by atoms with Crippen molar-refractivity contribution in [2.75, 3.05) is 11.1 Å². The number of hydrogen-bond donors (Lipinski definition) is 3. The Balaban J connectivity index is 2.00. The van der Waals surface area contributed by atoms with Crippen LogP contribution in [0.3, 0.4) is 0 Å². The van der Waals surface area contributed by atoms with Crippen LogP contribution in [0.1, 0.15) is 18.8 Å². The predicted molar refractivity (Wildman–Crippen MR) is 76.8 cm³/mol. The van der Waals surface area contributed by atoms with Crippen molar-refractivity contribution in [3.63, 3.8) is 0 Å². The molecule has 0 fully saturated rings. The number of anilines is 2. The van der Waals surface area contributed by atoms with Crippen LogP contribution in [0.2, 0.25) is 0 Å². The molecule has 4 N–H and O–H groups in total. The molecule has 0 aliphatic rings. The summed E-state index contributed by atoms with van der Waals surface area (Å²) in [7, 11) is 0. The van der Waals surface area contributed by atoms with E-state index >= 15 is 0 Å². The van der Waals surface area contributed by atoms with Crippen LogP contribution in [0.25, 0.3) is 10.8 Å². The molecule has 0 aliphatic heterocycles. The van der Waals surface area contributed by atoms with Gasteiger partial charge in [0.25, 0.3) is 0 Å². The van der Waals surface area contributed by atoms with E-state index in [-0.39, 0.29) is 6.04 Å². The molecular weight excluding hydrogens is 238 g/mol. The van der Waals surface area contributed by atoms with Gasteiger partial charge in [-0.05, 0) is 25.1 Å². The second kappa shape index (κ2) is 4.61. The molecule has 1 atom stereocenters. The number of benzene rings is 1. The number of H-pyrrole nitrogens is 1. The normalized spacial score (nSPS) is 12.5. The van der Waals surface area contributed by atoms with E-state index in [4.69, 9.17) is 5.73 Å². The first-order valence-corrected chi connectivity index (χ1v) is 6.13. The average molecular weight is 253 g/mol. The lowest BCUT2D eigenvalue weighted by Gasteiger charge is -2.15. The second-order valence-corrected chi connectivity index (χ2v) is 4.46. The third-order valence-corrected chi connectivity index (χ3v) is 3.15. The van der Waals surface area contributed by atoms with Crippen LogP contribution >= 0.6 is 0 Å². The van der Waals surface area contributed by atoms with E-state index in [1.165, 1.54) is 0 Å². The lowest BCUT2D eigenvalue weighted by molar-refractivity contribution is 0.811. The minimum absolute atomic E-state index is 0.0852. The molecule has 1 aromatic carbocycles. The molecule has 0 aliphatic carbocycles. The Morgan fingerprint density at radius 2 is 2.11 bits per heavy atom. The van der Waals surface area contributed by atoms with E-state index in [2.05, 4.69) is 27.2 Å². The number of nitrogens with two attached hydrogens (primary N) is 1. The minimum Gasteiger partial charge on any atom is -0.398 e. The van der Waals surface area contributed by atoms with Gasteiger partial charge in [0, 0.05) is 46.9 Å². The van der Waals surface area contributed by atoms with Crippen molar-refractivity contribution in [1.82, 2.24) is 15.0 Å². The lowest BCUT2D eigenvalue weighted by Crippen LogP contribution is -2.08. The number of aromatic amines is 1. The number of nitrogen functional groups attached to an aromatic ring is 1. The fourth-order valence-corrected chi connectivity index (χ4v) is 2.16. The summed E-state index contributed by atoms with van der Waals surface area (Å²) in [6, 6.07) is 5.88. The number of hydrogen-bond acceptors (Lipinski definition) is 4. The van der Waals surface area contributed by atoms with Crippen LogP contribution in [-0.2, 0) is 0 Å². The van der Waals surface area contributed by atoms with Crippen LogP contribution in [0.5, 0.6) is 0 Å². The van der Waals surface area contributed by atoms with Crippen LogP contribution in [0.15, 0.2) is 43.0 Å². The summed E-state index contributed by atoms with van der Waals surface area (Å²) in [5.74, 6) is 0.897. The van der Waals surface area contributed by atoms with E-state index in [1.807, 2.05) is 30.6 Å². The summed E-state index contributed by atoms with van der Waals surface area (Å²) in [5.41, 5.74) is 7.74. The van der Waals surface area contributed by atoms with E-state index in [0.29, 0.717) is 0 Å². The SMILES string of the molecule is CC(Nc1ccc(N)c2ccncc12)c1ncc[nH]1. The zero-order valence-electron chi connectivity index (χ0n) is 10.6. The van der Waals surface area contributed by atoms with Gasteiger partial charge in [-0.3, -0.25) is 4.98 Å². The first-order valence-electron chi connectivity index (χ1n) is 6.13. The zero-order valence-corrected chi connectivity index (χ0v) is 10.6. The van der Waals surface area contributed by atoms with E-state index in [9.17, 15) is 0 Å². The maximum absolute atomic E-state index is 5.98. The molecule has 1 unspecified atom stereocenters. The molecule has 3 aromatic rings. The molecule has 2 aromatic heterocycles. The summed E-state index contributed by atoms with van der Waals surface area (Å²) < 4.78 is 0. The highest BCUT2D eigenvalue weighted by Crippen LogP contribution is 2.29. The van der Waals surface area contributed by atoms with E-state index in [1.54, 1.807) is 12.4 Å². The Kier molecular flexibility index (Phi) is 2.79. The number of imidazole rings is 1. The monoisotopic (exact) mass is 253 g/mol. The van der Waals surface area contributed by atoms with Crippen LogP contribution in [0, 0.1) is 0 Å². The number of fused-ring (bicyclic) bond motifs is 1. The van der Waals surface area contributed by atoms with Crippen molar-refractivity contribution < 1.29 is 0 Å². The maximum Gasteiger partial charge on any atom is 0.128 e. The van der Waals surface area contributed by atoms with Crippen molar-refractivity contribution in [2.45, 2.75) is 13.0 Å². The standard InChI is InChI=1S/C14H15N5/c1-9(14-17-6-7-18-14)19-13-3-2-12(15)10-4-5-16-8-11(10)13/h2-9,19H,15H2,1H3,(H,17,18). The molecular formula is C14H15N5. The van der Waals surface area contributed by atoms with Gasteiger partial charge in [0.1, 0.15) is 5.82 Å². The third-order valence-electron chi connectivity index (χ3n) is 3.15. The minimum atomic E-state index is 0.0852. The Hall–Kier alpha value is -2.56. The molecule has 2 heterocycles. The first kappa shape index (κ1) is 11.5. The number of pyridine rings is 1. The maximum atomic E-state index is 5.98. The highest BCUT2D eigenvalue weighted by molar-refractivity contribution is 6.00. The molecule has 0 saturated carbocycles. The van der Waals surface area contributed by atoms with Gasteiger partial charge in [0.15, 0.2) is 0 Å². The first-order chi connectivity index (χ1) is 9.25. The highest BCUT2D eigenvalue weighted by atomic mass is 15.0. The van der Waals surface area contributed by atoms with E-state index in [0.717, 1.165) is 28.0 Å². The number of nitrogens with one attached hydrogen (secondary N) is 2. The molecule has 5 heteroatoms. The molecule has 0 saturated heterocycles. The van der Waals surface area contributed by atoms with Gasteiger partial charge in [-0.25, -0.2) is 4.98 Å². The Bertz CT molecular complexity index is 690. The molecule has 3 rings (SSSR count). The van der Waals surface area contributed by atoms with Crippen LogP contribution in [-0.4, -0.2) is 15.0 Å². The van der Waals surface area contributed by atoms with Crippen molar-refractivity contribution >= 4 is 22.1 Å². The summed E-state index contributed by atoms with van der Waals surface area (Å²) >= 11 is 0. The number of nitrogens with zero attached hydrogens (tertiary/aromatic N) is 2. The van der Waals surface area contributed by atoms with Crippen molar-refractivity contribution in [3.8, 4) is 0 Å². The van der Waals surface area contributed by atoms with Crippen molar-refractivity contribution in [2.24, 2.45) is 0 Å². The topological polar surface area (TPSA) is 79.6 Å². The second-order valence-electron chi connectivity index (χ2n) is 4.46. The van der Waals surface area contributed by atoms with Gasteiger partial charge in [0.2, 0.25) is 0 Å². The molecule has 0 spiro atoms. The zero-order chi connectivity index (χ0) is 13.2. The van der Waals surface area contributed by atoms with Crippen LogP contribution in [0.4, 0.5) is 11.4 Å². The number of aromatic nitrogens is 3. The van der Waals surface area contributed by atoms with Gasteiger partial charge in [-0.1, -0.05) is 0 Å². The Labute approximate surface area is 110 Å². The van der Waals surface area contributed by atoms with Gasteiger partial charge in [-0.15, -0.1) is 0 Å². The lowest BCUT2D eigenvalue weighted by atomic mass is 10.1. The van der Waals surface area contributed by atoms with Crippen molar-refractivity contribution in [3.05, 3.63) is 48.8 Å². The summed E-state index contributed by atoms with van der Waals surface area (Å²) in [4.78, 5) is 11.5. The quantitative estimate of drug-likeness (QED) is 0.627. The molecule has 19 heavy (non-hydrogen) atoms. The highest BCUT2D eigenvalue weighted by Gasteiger charge is 2.10. The molecule has 96 valence electrons. The molecule has 0 bridgehead atoms. The van der Waals surface area contributed by atoms with Gasteiger partial charge in [0.05, 0.1) is 6.04 Å². The third kappa shape index (κ3) is 2.10. The molecule has 0 radical (unpaired) electrons. The molecule has 0 amide bonds. The Morgan fingerprint density at radius 1 is 1.21 bits per heavy atom. The largest absolute Gasteiger partial charge is 0.398 e. The Morgan fingerprint density at radius 3 is 2.89 bits per heavy atom. The fourth-order valence-electron chi connectivity index (χ4n) is 2.16. The summed E-state index contributed by atoms with van der Waals surface area (Å²) in [6.07, 6.45) is 7.13. The summed E-state index contributed by atoms with van der Waals surface area (Å²) in [6.45, 7) is 2.05. The summed E-state index contributed by atoms with van der Waals surface area (Å²) in [5, 5.41) is 5.45. The van der Waals surface area contributed by atoms with Gasteiger partial charge in [-0.2, -0.15) is 0 Å². The fraction of sp³-hybridized carbons (Fsp3) is 0.143. The van der Waals surface area contributed by atoms with Gasteiger partial charge >= 0.3 is 0 Å². The smallest absolute Gasteiger partial charge is 0.128 e. The van der Waals surface area contributed by atoms with E-state index < -0.39 is 0 Å². The van der Waals surface area contributed by atoms with Crippen LogP contribution < -0.4 is 11.1 Å². The average Bonchev–Trinajstić information content (AvgIpc) is 2.96. The molecule has 5 nitrogen and oxygen atoms in total. The predicted octanol–water partition coefficient (Wildman–Crippen LogP) is 2.71.